The van der Waals surface area contributed by atoms with Gasteiger partial charge in [0.05, 0.1) is 13.2 Å². The van der Waals surface area contributed by atoms with Gasteiger partial charge in [-0.3, -0.25) is 4.98 Å². The van der Waals surface area contributed by atoms with E-state index in [9.17, 15) is 0 Å². The molecule has 0 saturated heterocycles. The summed E-state index contributed by atoms with van der Waals surface area (Å²) >= 11 is 0. The zero-order valence-electron chi connectivity index (χ0n) is 16.3. The van der Waals surface area contributed by atoms with Gasteiger partial charge in [-0.15, -0.1) is 24.0 Å². The van der Waals surface area contributed by atoms with Gasteiger partial charge in [-0.25, -0.2) is 4.99 Å². The standard InChI is InChI=1S/C21H30N4O.HI/c1-3-4-7-14-26-20-15-17(2)9-10-18(20)16-25-21(22)24-13-11-19-8-5-6-12-23-19;/h5-6,8-10,12,15H,3-4,7,11,13-14,16H2,1-2H3,(H3,22,24,25);1H. The maximum Gasteiger partial charge on any atom is 0.188 e. The van der Waals surface area contributed by atoms with Gasteiger partial charge in [0, 0.05) is 30.4 Å². The lowest BCUT2D eigenvalue weighted by molar-refractivity contribution is 0.303. The summed E-state index contributed by atoms with van der Waals surface area (Å²) in [5.41, 5.74) is 9.26. The molecule has 0 saturated carbocycles. The Morgan fingerprint density at radius 3 is 2.81 bits per heavy atom. The number of hydrogen-bond acceptors (Lipinski definition) is 3. The van der Waals surface area contributed by atoms with Gasteiger partial charge in [-0.05, 0) is 37.1 Å². The first-order chi connectivity index (χ1) is 12.7. The summed E-state index contributed by atoms with van der Waals surface area (Å²) in [7, 11) is 0. The predicted molar refractivity (Wildman–Crippen MR) is 123 cm³/mol. The number of aryl methyl sites for hydroxylation is 1. The number of ether oxygens (including phenoxy) is 1. The minimum Gasteiger partial charge on any atom is -0.493 e. The number of aliphatic imine (C=N–C) groups is 1. The van der Waals surface area contributed by atoms with Crippen LogP contribution in [-0.4, -0.2) is 24.1 Å². The van der Waals surface area contributed by atoms with Crippen LogP contribution in [-0.2, 0) is 13.0 Å². The molecule has 2 aromatic rings. The number of nitrogens with zero attached hydrogens (tertiary/aromatic N) is 2. The zero-order chi connectivity index (χ0) is 18.6. The highest BCUT2D eigenvalue weighted by Gasteiger charge is 2.04. The molecule has 0 radical (unpaired) electrons. The number of nitrogens with two attached hydrogens (primary N) is 1. The molecule has 0 aliphatic heterocycles. The summed E-state index contributed by atoms with van der Waals surface area (Å²) in [5, 5.41) is 3.14. The molecule has 0 bridgehead atoms. The number of pyridine rings is 1. The smallest absolute Gasteiger partial charge is 0.188 e. The number of hydrogen-bond donors (Lipinski definition) is 2. The van der Waals surface area contributed by atoms with E-state index in [1.54, 1.807) is 6.20 Å². The van der Waals surface area contributed by atoms with Crippen LogP contribution in [0.2, 0.25) is 0 Å². The number of halogens is 1. The van der Waals surface area contributed by atoms with Crippen molar-refractivity contribution >= 4 is 29.9 Å². The first-order valence-corrected chi connectivity index (χ1v) is 9.35. The van der Waals surface area contributed by atoms with E-state index in [1.807, 2.05) is 18.2 Å². The van der Waals surface area contributed by atoms with Crippen molar-refractivity contribution in [2.45, 2.75) is 46.1 Å². The molecule has 2 rings (SSSR count). The minimum absolute atomic E-state index is 0. The highest BCUT2D eigenvalue weighted by Crippen LogP contribution is 2.21. The average Bonchev–Trinajstić information content (AvgIpc) is 2.65. The molecule has 0 fully saturated rings. The van der Waals surface area contributed by atoms with Gasteiger partial charge >= 0.3 is 0 Å². The van der Waals surface area contributed by atoms with E-state index in [-0.39, 0.29) is 24.0 Å². The highest BCUT2D eigenvalue weighted by atomic mass is 127. The lowest BCUT2D eigenvalue weighted by Crippen LogP contribution is -2.33. The molecule has 1 heterocycles. The quantitative estimate of drug-likeness (QED) is 0.230. The Kier molecular flexibility index (Phi) is 11.5. The topological polar surface area (TPSA) is 72.5 Å². The third kappa shape index (κ3) is 9.08. The SMILES string of the molecule is CCCCCOc1cc(C)ccc1CN=C(N)NCCc1ccccn1.I. The van der Waals surface area contributed by atoms with Crippen LogP contribution in [0.4, 0.5) is 0 Å². The molecule has 6 heteroatoms. The van der Waals surface area contributed by atoms with Gasteiger partial charge in [0.2, 0.25) is 0 Å². The second-order valence-electron chi connectivity index (χ2n) is 6.37. The summed E-state index contributed by atoms with van der Waals surface area (Å²) < 4.78 is 5.95. The third-order valence-corrected chi connectivity index (χ3v) is 4.06. The predicted octanol–water partition coefficient (Wildman–Crippen LogP) is 4.22. The molecule has 3 N–H and O–H groups in total. The van der Waals surface area contributed by atoms with Crippen LogP contribution in [0.15, 0.2) is 47.6 Å². The average molecular weight is 482 g/mol. The second-order valence-corrected chi connectivity index (χ2v) is 6.37. The van der Waals surface area contributed by atoms with Crippen LogP contribution in [0, 0.1) is 6.92 Å². The van der Waals surface area contributed by atoms with Crippen LogP contribution in [0.3, 0.4) is 0 Å². The number of nitrogens with one attached hydrogen (secondary N) is 1. The number of guanidine groups is 1. The molecule has 1 aromatic carbocycles. The van der Waals surface area contributed by atoms with Gasteiger partial charge in [0.15, 0.2) is 5.96 Å². The lowest BCUT2D eigenvalue weighted by atomic mass is 10.1. The summed E-state index contributed by atoms with van der Waals surface area (Å²) in [4.78, 5) is 8.74. The molecule has 0 aliphatic carbocycles. The summed E-state index contributed by atoms with van der Waals surface area (Å²) in [6, 6.07) is 12.1. The summed E-state index contributed by atoms with van der Waals surface area (Å²) in [6.45, 7) is 6.22. The highest BCUT2D eigenvalue weighted by molar-refractivity contribution is 14.0. The Labute approximate surface area is 179 Å². The minimum atomic E-state index is 0. The van der Waals surface area contributed by atoms with E-state index in [0.717, 1.165) is 36.5 Å². The monoisotopic (exact) mass is 482 g/mol. The molecule has 0 unspecified atom stereocenters. The molecule has 0 spiro atoms. The van der Waals surface area contributed by atoms with Crippen molar-refractivity contribution in [3.63, 3.8) is 0 Å². The second kappa shape index (κ2) is 13.4. The fraction of sp³-hybridized carbons (Fsp3) is 0.429. The molecule has 0 atom stereocenters. The molecular formula is C21H31IN4O. The van der Waals surface area contributed by atoms with Crippen molar-refractivity contribution in [3.05, 3.63) is 59.4 Å². The molecule has 27 heavy (non-hydrogen) atoms. The van der Waals surface area contributed by atoms with E-state index in [1.165, 1.54) is 18.4 Å². The lowest BCUT2D eigenvalue weighted by Gasteiger charge is -2.12. The largest absolute Gasteiger partial charge is 0.493 e. The first-order valence-electron chi connectivity index (χ1n) is 9.35. The zero-order valence-corrected chi connectivity index (χ0v) is 18.6. The number of rotatable bonds is 10. The van der Waals surface area contributed by atoms with Crippen LogP contribution in [0.25, 0.3) is 0 Å². The number of aromatic nitrogens is 1. The van der Waals surface area contributed by atoms with Crippen LogP contribution in [0.1, 0.15) is 43.0 Å². The van der Waals surface area contributed by atoms with Crippen LogP contribution >= 0.6 is 24.0 Å². The Morgan fingerprint density at radius 2 is 2.07 bits per heavy atom. The van der Waals surface area contributed by atoms with E-state index in [2.05, 4.69) is 47.3 Å². The molecule has 1 aromatic heterocycles. The number of benzene rings is 1. The molecule has 148 valence electrons. The fourth-order valence-corrected chi connectivity index (χ4v) is 2.55. The molecular weight excluding hydrogens is 451 g/mol. The van der Waals surface area contributed by atoms with E-state index in [0.29, 0.717) is 19.0 Å². The van der Waals surface area contributed by atoms with Crippen molar-refractivity contribution in [2.75, 3.05) is 13.2 Å². The number of unbranched alkanes of at least 4 members (excludes halogenated alkanes) is 2. The van der Waals surface area contributed by atoms with E-state index < -0.39 is 0 Å². The van der Waals surface area contributed by atoms with Crippen LogP contribution in [0.5, 0.6) is 5.75 Å². The maximum atomic E-state index is 5.98. The van der Waals surface area contributed by atoms with Crippen molar-refractivity contribution in [2.24, 2.45) is 10.7 Å². The van der Waals surface area contributed by atoms with Crippen LogP contribution < -0.4 is 15.8 Å². The Morgan fingerprint density at radius 1 is 1.22 bits per heavy atom. The Balaban J connectivity index is 0.00000364. The van der Waals surface area contributed by atoms with Crippen molar-refractivity contribution in [1.29, 1.82) is 0 Å². The normalized spacial score (nSPS) is 11.0. The van der Waals surface area contributed by atoms with Crippen molar-refractivity contribution in [1.82, 2.24) is 10.3 Å². The third-order valence-electron chi connectivity index (χ3n) is 4.06. The van der Waals surface area contributed by atoms with Gasteiger partial charge in [0.1, 0.15) is 5.75 Å². The molecule has 0 aliphatic rings. The molecule has 5 nitrogen and oxygen atoms in total. The van der Waals surface area contributed by atoms with Gasteiger partial charge in [-0.2, -0.15) is 0 Å². The fourth-order valence-electron chi connectivity index (χ4n) is 2.55. The van der Waals surface area contributed by atoms with Crippen molar-refractivity contribution < 1.29 is 4.74 Å². The first kappa shape index (κ1) is 23.2. The van der Waals surface area contributed by atoms with Gasteiger partial charge in [-0.1, -0.05) is 38.0 Å². The maximum absolute atomic E-state index is 5.98. The Bertz CT molecular complexity index is 692. The summed E-state index contributed by atoms with van der Waals surface area (Å²) in [5.74, 6) is 1.35. The Hall–Kier alpha value is -1.83. The van der Waals surface area contributed by atoms with E-state index >= 15 is 0 Å². The van der Waals surface area contributed by atoms with Crippen molar-refractivity contribution in [3.8, 4) is 5.75 Å². The van der Waals surface area contributed by atoms with Gasteiger partial charge in [0.25, 0.3) is 0 Å². The van der Waals surface area contributed by atoms with E-state index in [4.69, 9.17) is 10.5 Å². The molecule has 0 amide bonds. The van der Waals surface area contributed by atoms with Gasteiger partial charge < -0.3 is 15.8 Å². The summed E-state index contributed by atoms with van der Waals surface area (Å²) in [6.07, 6.45) is 6.06.